The number of carbonyl (C=O) groups excluding carboxylic acids is 1. The van der Waals surface area contributed by atoms with Crippen molar-refractivity contribution in [3.05, 3.63) is 99.7 Å². The van der Waals surface area contributed by atoms with Gasteiger partial charge in [0.1, 0.15) is 16.6 Å². The quantitative estimate of drug-likeness (QED) is 0.375. The Kier molecular flexibility index (Phi) is 5.86. The van der Waals surface area contributed by atoms with Crippen molar-refractivity contribution in [2.75, 3.05) is 10.6 Å². The Balaban J connectivity index is 1.79. The summed E-state index contributed by atoms with van der Waals surface area (Å²) in [5, 5.41) is 7.09. The summed E-state index contributed by atoms with van der Waals surface area (Å²) in [6.07, 6.45) is 1.46. The fraction of sp³-hybridized carbons (Fsp3) is 0.167. The third-order valence-corrected chi connectivity index (χ3v) is 6.19. The van der Waals surface area contributed by atoms with Crippen LogP contribution in [0.25, 0.3) is 0 Å². The molecular formula is C24H22FN3O2S. The van der Waals surface area contributed by atoms with Crippen molar-refractivity contribution in [2.45, 2.75) is 26.8 Å². The number of pyridine rings is 1. The maximum absolute atomic E-state index is 14.1. The van der Waals surface area contributed by atoms with Gasteiger partial charge in [0, 0.05) is 16.1 Å². The first-order chi connectivity index (χ1) is 14.9. The Bertz CT molecular complexity index is 1220. The second kappa shape index (κ2) is 8.73. The molecule has 1 atom stereocenters. The molecule has 0 saturated heterocycles. The number of benzene rings is 1. The van der Waals surface area contributed by atoms with Gasteiger partial charge >= 0.3 is 0 Å². The third-order valence-electron chi connectivity index (χ3n) is 5.06. The van der Waals surface area contributed by atoms with Crippen molar-refractivity contribution in [3.63, 3.8) is 0 Å². The number of halogens is 1. The molecule has 158 valence electrons. The summed E-state index contributed by atoms with van der Waals surface area (Å²) in [5.74, 6) is 0.234. The molecule has 4 rings (SSSR count). The molecule has 31 heavy (non-hydrogen) atoms. The largest absolute Gasteiger partial charge is 0.459 e. The average Bonchev–Trinajstić information content (AvgIpc) is 3.36. The maximum Gasteiger partial charge on any atom is 0.291 e. The van der Waals surface area contributed by atoms with E-state index in [1.165, 1.54) is 29.7 Å². The number of aromatic nitrogens is 1. The second-order valence-electron chi connectivity index (χ2n) is 7.25. The van der Waals surface area contributed by atoms with Crippen molar-refractivity contribution in [1.82, 2.24) is 4.98 Å². The van der Waals surface area contributed by atoms with Crippen molar-refractivity contribution < 1.29 is 13.6 Å². The Morgan fingerprint density at radius 2 is 1.90 bits per heavy atom. The zero-order chi connectivity index (χ0) is 22.0. The molecule has 0 fully saturated rings. The molecule has 3 aromatic heterocycles. The molecule has 1 aromatic carbocycles. The predicted molar refractivity (Wildman–Crippen MR) is 121 cm³/mol. The molecule has 0 saturated carbocycles. The van der Waals surface area contributed by atoms with Crippen LogP contribution in [-0.4, -0.2) is 10.9 Å². The monoisotopic (exact) mass is 435 g/mol. The van der Waals surface area contributed by atoms with Gasteiger partial charge in [0.2, 0.25) is 0 Å². The van der Waals surface area contributed by atoms with E-state index in [0.717, 1.165) is 27.3 Å². The average molecular weight is 436 g/mol. The summed E-state index contributed by atoms with van der Waals surface area (Å²) in [7, 11) is 0. The van der Waals surface area contributed by atoms with E-state index in [2.05, 4.69) is 15.6 Å². The predicted octanol–water partition coefficient (Wildman–Crippen LogP) is 6.25. The van der Waals surface area contributed by atoms with Gasteiger partial charge in [-0.15, -0.1) is 11.3 Å². The molecule has 2 N–H and O–H groups in total. The SMILES string of the molecule is Cc1cccc(NC(c2cccc(F)c2)c2c(NC(=O)c3ccco3)sc(C)c2C)n1. The Labute approximate surface area is 184 Å². The van der Waals surface area contributed by atoms with Gasteiger partial charge < -0.3 is 15.1 Å². The lowest BCUT2D eigenvalue weighted by Crippen LogP contribution is -2.18. The van der Waals surface area contributed by atoms with E-state index in [0.29, 0.717) is 10.8 Å². The van der Waals surface area contributed by atoms with Gasteiger partial charge in [0.15, 0.2) is 5.76 Å². The summed E-state index contributed by atoms with van der Waals surface area (Å²) >= 11 is 1.48. The second-order valence-corrected chi connectivity index (χ2v) is 8.48. The van der Waals surface area contributed by atoms with E-state index >= 15 is 0 Å². The highest BCUT2D eigenvalue weighted by molar-refractivity contribution is 7.16. The first kappa shape index (κ1) is 20.8. The number of rotatable bonds is 6. The lowest BCUT2D eigenvalue weighted by atomic mass is 9.96. The third kappa shape index (κ3) is 4.51. The first-order valence-corrected chi connectivity index (χ1v) is 10.6. The van der Waals surface area contributed by atoms with Crippen LogP contribution in [-0.2, 0) is 0 Å². The van der Waals surface area contributed by atoms with Crippen molar-refractivity contribution in [3.8, 4) is 0 Å². The Morgan fingerprint density at radius 3 is 2.61 bits per heavy atom. The standard InChI is InChI=1S/C24H22FN3O2S/c1-14-7-4-11-20(26-14)27-22(17-8-5-9-18(25)13-17)21-15(2)16(3)31-24(21)28-23(29)19-10-6-12-30-19/h4-13,22H,1-3H3,(H,26,27)(H,28,29). The summed E-state index contributed by atoms with van der Waals surface area (Å²) < 4.78 is 19.4. The van der Waals surface area contributed by atoms with Crippen LogP contribution in [0.1, 0.15) is 43.9 Å². The van der Waals surface area contributed by atoms with Crippen LogP contribution in [0.3, 0.4) is 0 Å². The molecule has 0 spiro atoms. The van der Waals surface area contributed by atoms with Crippen LogP contribution in [0.5, 0.6) is 0 Å². The summed E-state index contributed by atoms with van der Waals surface area (Å²) in [6, 6.07) is 15.0. The normalized spacial score (nSPS) is 11.9. The summed E-state index contributed by atoms with van der Waals surface area (Å²) in [4.78, 5) is 18.3. The van der Waals surface area contributed by atoms with Gasteiger partial charge in [0.05, 0.1) is 12.3 Å². The molecule has 0 bridgehead atoms. The zero-order valence-electron chi connectivity index (χ0n) is 17.4. The molecule has 5 nitrogen and oxygen atoms in total. The molecule has 1 unspecified atom stereocenters. The summed E-state index contributed by atoms with van der Waals surface area (Å²) in [6.45, 7) is 5.92. The first-order valence-electron chi connectivity index (χ1n) is 9.83. The van der Waals surface area contributed by atoms with E-state index in [9.17, 15) is 9.18 Å². The Hall–Kier alpha value is -3.45. The number of anilines is 2. The van der Waals surface area contributed by atoms with E-state index in [-0.39, 0.29) is 17.5 Å². The van der Waals surface area contributed by atoms with Crippen LogP contribution in [0.15, 0.2) is 65.3 Å². The highest BCUT2D eigenvalue weighted by Crippen LogP contribution is 2.41. The molecule has 3 heterocycles. The number of thiophene rings is 1. The van der Waals surface area contributed by atoms with Gasteiger partial charge in [0.25, 0.3) is 5.91 Å². The van der Waals surface area contributed by atoms with E-state index in [4.69, 9.17) is 4.42 Å². The van der Waals surface area contributed by atoms with Gasteiger partial charge in [-0.3, -0.25) is 4.79 Å². The Morgan fingerprint density at radius 1 is 1.10 bits per heavy atom. The topological polar surface area (TPSA) is 67.2 Å². The number of furan rings is 1. The van der Waals surface area contributed by atoms with Gasteiger partial charge in [-0.25, -0.2) is 9.37 Å². The number of amides is 1. The molecule has 1 amide bonds. The van der Waals surface area contributed by atoms with Crippen LogP contribution in [0.4, 0.5) is 15.2 Å². The highest BCUT2D eigenvalue weighted by atomic mass is 32.1. The molecule has 7 heteroatoms. The van der Waals surface area contributed by atoms with Gasteiger partial charge in [-0.05, 0) is 68.3 Å². The van der Waals surface area contributed by atoms with Crippen LogP contribution < -0.4 is 10.6 Å². The van der Waals surface area contributed by atoms with Crippen molar-refractivity contribution in [2.24, 2.45) is 0 Å². The lowest BCUT2D eigenvalue weighted by molar-refractivity contribution is 0.0997. The van der Waals surface area contributed by atoms with Crippen LogP contribution in [0, 0.1) is 26.6 Å². The zero-order valence-corrected chi connectivity index (χ0v) is 18.2. The molecule has 0 aliphatic rings. The van der Waals surface area contributed by atoms with E-state index < -0.39 is 6.04 Å². The number of hydrogen-bond donors (Lipinski definition) is 2. The maximum atomic E-state index is 14.1. The van der Waals surface area contributed by atoms with Crippen LogP contribution in [0.2, 0.25) is 0 Å². The van der Waals surface area contributed by atoms with E-state index in [1.54, 1.807) is 18.2 Å². The summed E-state index contributed by atoms with van der Waals surface area (Å²) in [5.41, 5.74) is 3.50. The molecule has 0 radical (unpaired) electrons. The lowest BCUT2D eigenvalue weighted by Gasteiger charge is -2.22. The molecule has 4 aromatic rings. The molecule has 0 aliphatic heterocycles. The molecule has 0 aliphatic carbocycles. The number of carbonyl (C=O) groups is 1. The number of aryl methyl sites for hydroxylation is 2. The fourth-order valence-corrected chi connectivity index (χ4v) is 4.53. The minimum atomic E-state index is -0.415. The minimum absolute atomic E-state index is 0.227. The highest BCUT2D eigenvalue weighted by Gasteiger charge is 2.26. The van der Waals surface area contributed by atoms with E-state index in [1.807, 2.05) is 45.0 Å². The van der Waals surface area contributed by atoms with Gasteiger partial charge in [-0.2, -0.15) is 0 Å². The van der Waals surface area contributed by atoms with Crippen molar-refractivity contribution >= 4 is 28.1 Å². The smallest absolute Gasteiger partial charge is 0.291 e. The number of nitrogens with one attached hydrogen (secondary N) is 2. The van der Waals surface area contributed by atoms with Crippen molar-refractivity contribution in [1.29, 1.82) is 0 Å². The molecular weight excluding hydrogens is 413 g/mol. The minimum Gasteiger partial charge on any atom is -0.459 e. The van der Waals surface area contributed by atoms with Crippen LogP contribution >= 0.6 is 11.3 Å². The number of nitrogens with zero attached hydrogens (tertiary/aromatic N) is 1. The van der Waals surface area contributed by atoms with Gasteiger partial charge in [-0.1, -0.05) is 18.2 Å². The fourth-order valence-electron chi connectivity index (χ4n) is 3.44. The number of hydrogen-bond acceptors (Lipinski definition) is 5.